The maximum Gasteiger partial charge on any atom is 0.227 e. The van der Waals surface area contributed by atoms with Gasteiger partial charge in [0.15, 0.2) is 0 Å². The van der Waals surface area contributed by atoms with Crippen molar-refractivity contribution in [2.75, 3.05) is 0 Å². The standard InChI is InChI=1S/C23H24ClN3O/c1-23(2,22(25)28)18-9-6-17(7-10-18)15-20-12-13-26-21(27-20)11-8-16-4-3-5-19(24)14-16/h3-7,9-10,12-14H,8,11,15H2,1-2H3,(H2,25,28). The van der Waals surface area contributed by atoms with Crippen molar-refractivity contribution in [2.24, 2.45) is 5.73 Å². The number of aromatic nitrogens is 2. The van der Waals surface area contributed by atoms with Crippen molar-refractivity contribution < 1.29 is 4.79 Å². The third kappa shape index (κ3) is 4.96. The first-order valence-corrected chi connectivity index (χ1v) is 9.67. The SMILES string of the molecule is CC(C)(C(N)=O)c1ccc(Cc2ccnc(CCc3cccc(Cl)c3)n2)cc1. The summed E-state index contributed by atoms with van der Waals surface area (Å²) in [6.07, 6.45) is 4.13. The minimum atomic E-state index is -0.680. The minimum absolute atomic E-state index is 0.333. The van der Waals surface area contributed by atoms with E-state index in [0.29, 0.717) is 6.42 Å². The molecule has 0 unspecified atom stereocenters. The molecule has 3 rings (SSSR count). The molecule has 1 aromatic heterocycles. The Balaban J connectivity index is 1.66. The summed E-state index contributed by atoms with van der Waals surface area (Å²) in [6, 6.07) is 17.8. The lowest BCUT2D eigenvalue weighted by molar-refractivity contribution is -0.122. The van der Waals surface area contributed by atoms with E-state index >= 15 is 0 Å². The smallest absolute Gasteiger partial charge is 0.227 e. The summed E-state index contributed by atoms with van der Waals surface area (Å²) in [7, 11) is 0. The largest absolute Gasteiger partial charge is 0.369 e. The molecule has 4 nitrogen and oxygen atoms in total. The number of amides is 1. The van der Waals surface area contributed by atoms with Gasteiger partial charge < -0.3 is 5.73 Å². The molecule has 0 fully saturated rings. The molecule has 0 bridgehead atoms. The van der Waals surface area contributed by atoms with Crippen molar-refractivity contribution in [1.82, 2.24) is 9.97 Å². The Hall–Kier alpha value is -2.72. The van der Waals surface area contributed by atoms with Crippen LogP contribution in [0, 0.1) is 0 Å². The van der Waals surface area contributed by atoms with Crippen molar-refractivity contribution >= 4 is 17.5 Å². The molecule has 0 aliphatic heterocycles. The topological polar surface area (TPSA) is 68.9 Å². The van der Waals surface area contributed by atoms with Crippen molar-refractivity contribution in [3.05, 3.63) is 94.0 Å². The van der Waals surface area contributed by atoms with Gasteiger partial charge in [-0.25, -0.2) is 9.97 Å². The number of benzene rings is 2. The average Bonchev–Trinajstić information content (AvgIpc) is 2.67. The van der Waals surface area contributed by atoms with Crippen molar-refractivity contribution in [3.8, 4) is 0 Å². The lowest BCUT2D eigenvalue weighted by Gasteiger charge is -2.21. The highest BCUT2D eigenvalue weighted by atomic mass is 35.5. The summed E-state index contributed by atoms with van der Waals surface area (Å²) in [5.74, 6) is 0.490. The van der Waals surface area contributed by atoms with Crippen molar-refractivity contribution in [1.29, 1.82) is 0 Å². The van der Waals surface area contributed by atoms with Gasteiger partial charge in [0.05, 0.1) is 5.41 Å². The Labute approximate surface area is 170 Å². The van der Waals surface area contributed by atoms with Gasteiger partial charge in [0.25, 0.3) is 0 Å². The highest BCUT2D eigenvalue weighted by Gasteiger charge is 2.26. The Bertz CT molecular complexity index is 968. The molecular weight excluding hydrogens is 370 g/mol. The Morgan fingerprint density at radius 3 is 2.46 bits per heavy atom. The van der Waals surface area contributed by atoms with E-state index < -0.39 is 5.41 Å². The highest BCUT2D eigenvalue weighted by Crippen LogP contribution is 2.23. The third-order valence-electron chi connectivity index (χ3n) is 4.97. The van der Waals surface area contributed by atoms with Gasteiger partial charge in [0.2, 0.25) is 5.91 Å². The van der Waals surface area contributed by atoms with E-state index in [1.807, 2.05) is 62.4 Å². The summed E-state index contributed by atoms with van der Waals surface area (Å²) in [5, 5.41) is 0.745. The van der Waals surface area contributed by atoms with Crippen LogP contribution in [0.25, 0.3) is 0 Å². The molecule has 3 aromatic rings. The Kier molecular flexibility index (Phi) is 6.10. The zero-order valence-corrected chi connectivity index (χ0v) is 16.9. The molecule has 1 amide bonds. The number of hydrogen-bond acceptors (Lipinski definition) is 3. The first-order chi connectivity index (χ1) is 13.3. The summed E-state index contributed by atoms with van der Waals surface area (Å²) in [5.41, 5.74) is 9.00. The highest BCUT2D eigenvalue weighted by molar-refractivity contribution is 6.30. The number of carbonyl (C=O) groups is 1. The number of hydrogen-bond donors (Lipinski definition) is 1. The molecule has 0 saturated carbocycles. The lowest BCUT2D eigenvalue weighted by Crippen LogP contribution is -2.35. The molecule has 28 heavy (non-hydrogen) atoms. The van der Waals surface area contributed by atoms with Gasteiger partial charge in [0.1, 0.15) is 5.82 Å². The van der Waals surface area contributed by atoms with E-state index in [1.165, 1.54) is 5.56 Å². The normalized spacial score (nSPS) is 11.4. The first kappa shape index (κ1) is 20.0. The van der Waals surface area contributed by atoms with Gasteiger partial charge in [-0.15, -0.1) is 0 Å². The van der Waals surface area contributed by atoms with E-state index in [0.717, 1.165) is 40.5 Å². The van der Waals surface area contributed by atoms with Crippen LogP contribution in [0.1, 0.15) is 42.1 Å². The molecule has 0 aliphatic rings. The van der Waals surface area contributed by atoms with Crippen LogP contribution in [0.5, 0.6) is 0 Å². The molecule has 1 heterocycles. The number of nitrogens with zero attached hydrogens (tertiary/aromatic N) is 2. The van der Waals surface area contributed by atoms with Crippen LogP contribution in [0.3, 0.4) is 0 Å². The molecule has 2 N–H and O–H groups in total. The van der Waals surface area contributed by atoms with E-state index in [9.17, 15) is 4.79 Å². The van der Waals surface area contributed by atoms with Crippen LogP contribution in [-0.4, -0.2) is 15.9 Å². The van der Waals surface area contributed by atoms with E-state index in [-0.39, 0.29) is 5.91 Å². The van der Waals surface area contributed by atoms with Crippen LogP contribution in [-0.2, 0) is 29.5 Å². The second-order valence-corrected chi connectivity index (χ2v) is 7.89. The van der Waals surface area contributed by atoms with Gasteiger partial charge in [-0.3, -0.25) is 4.79 Å². The summed E-state index contributed by atoms with van der Waals surface area (Å²) < 4.78 is 0. The van der Waals surface area contributed by atoms with Gasteiger partial charge in [-0.2, -0.15) is 0 Å². The Morgan fingerprint density at radius 1 is 1.04 bits per heavy atom. The number of aryl methyl sites for hydroxylation is 2. The molecule has 5 heteroatoms. The number of carbonyl (C=O) groups excluding carboxylic acids is 1. The van der Waals surface area contributed by atoms with Crippen LogP contribution in [0.2, 0.25) is 5.02 Å². The number of rotatable bonds is 7. The maximum absolute atomic E-state index is 11.6. The zero-order valence-electron chi connectivity index (χ0n) is 16.2. The number of halogens is 1. The fraction of sp³-hybridized carbons (Fsp3) is 0.261. The third-order valence-corrected chi connectivity index (χ3v) is 5.20. The molecular formula is C23H24ClN3O. The van der Waals surface area contributed by atoms with Crippen LogP contribution in [0.4, 0.5) is 0 Å². The first-order valence-electron chi connectivity index (χ1n) is 9.29. The second-order valence-electron chi connectivity index (χ2n) is 7.46. The maximum atomic E-state index is 11.6. The minimum Gasteiger partial charge on any atom is -0.369 e. The average molecular weight is 394 g/mol. The van der Waals surface area contributed by atoms with Gasteiger partial charge in [-0.1, -0.05) is 48.0 Å². The molecule has 0 atom stereocenters. The Morgan fingerprint density at radius 2 is 1.79 bits per heavy atom. The fourth-order valence-corrected chi connectivity index (χ4v) is 3.21. The van der Waals surface area contributed by atoms with Crippen molar-refractivity contribution in [2.45, 2.75) is 38.5 Å². The van der Waals surface area contributed by atoms with Crippen LogP contribution >= 0.6 is 11.6 Å². The molecule has 0 aliphatic carbocycles. The van der Waals surface area contributed by atoms with Crippen molar-refractivity contribution in [3.63, 3.8) is 0 Å². The quantitative estimate of drug-likeness (QED) is 0.651. The summed E-state index contributed by atoms with van der Waals surface area (Å²) >= 11 is 6.04. The summed E-state index contributed by atoms with van der Waals surface area (Å²) in [4.78, 5) is 20.7. The fourth-order valence-electron chi connectivity index (χ4n) is 3.00. The van der Waals surface area contributed by atoms with Gasteiger partial charge in [0, 0.05) is 29.8 Å². The van der Waals surface area contributed by atoms with Crippen LogP contribution in [0.15, 0.2) is 60.8 Å². The zero-order chi connectivity index (χ0) is 20.1. The lowest BCUT2D eigenvalue weighted by atomic mass is 9.83. The number of primary amides is 1. The molecule has 0 saturated heterocycles. The molecule has 144 valence electrons. The van der Waals surface area contributed by atoms with E-state index in [1.54, 1.807) is 6.20 Å². The van der Waals surface area contributed by atoms with Crippen LogP contribution < -0.4 is 5.73 Å². The second kappa shape index (κ2) is 8.53. The monoisotopic (exact) mass is 393 g/mol. The molecule has 0 spiro atoms. The molecule has 0 radical (unpaired) electrons. The predicted molar refractivity (Wildman–Crippen MR) is 112 cm³/mol. The van der Waals surface area contributed by atoms with Gasteiger partial charge in [-0.05, 0) is 55.2 Å². The summed E-state index contributed by atoms with van der Waals surface area (Å²) in [6.45, 7) is 3.67. The van der Waals surface area contributed by atoms with E-state index in [2.05, 4.69) is 16.0 Å². The van der Waals surface area contributed by atoms with Gasteiger partial charge >= 0.3 is 0 Å². The predicted octanol–water partition coefficient (Wildman–Crippen LogP) is 4.27. The van der Waals surface area contributed by atoms with E-state index in [4.69, 9.17) is 17.3 Å². The molecule has 2 aromatic carbocycles. The number of nitrogens with two attached hydrogens (primary N) is 1.